The maximum absolute atomic E-state index is 13.4. The van der Waals surface area contributed by atoms with E-state index in [-0.39, 0.29) is 34.8 Å². The van der Waals surface area contributed by atoms with Crippen LogP contribution in [0.25, 0.3) is 0 Å². The van der Waals surface area contributed by atoms with Crippen molar-refractivity contribution < 1.29 is 4.39 Å². The van der Waals surface area contributed by atoms with Crippen LogP contribution < -0.4 is 5.32 Å². The maximum Gasteiger partial charge on any atom is 0.194 e. The highest BCUT2D eigenvalue weighted by atomic mass is 127. The van der Waals surface area contributed by atoms with E-state index in [1.807, 2.05) is 13.1 Å². The monoisotopic (exact) mass is 395 g/mol. The first-order valence-electron chi connectivity index (χ1n) is 6.12. The lowest BCUT2D eigenvalue weighted by molar-refractivity contribution is 0.532. The molecule has 0 unspecified atom stereocenters. The van der Waals surface area contributed by atoms with E-state index in [1.54, 1.807) is 6.07 Å². The molecule has 6 heteroatoms. The molecular weight excluding hydrogens is 380 g/mol. The average Bonchev–Trinajstić information content (AvgIpc) is 2.99. The van der Waals surface area contributed by atoms with Gasteiger partial charge in [-0.25, -0.2) is 4.39 Å². The molecule has 19 heavy (non-hydrogen) atoms. The fraction of sp³-hybridized carbons (Fsp3) is 0.462. The Morgan fingerprint density at radius 3 is 2.89 bits per heavy atom. The third kappa shape index (κ3) is 3.13. The van der Waals surface area contributed by atoms with Crippen molar-refractivity contribution in [3.8, 4) is 0 Å². The minimum atomic E-state index is -0.338. The van der Waals surface area contributed by atoms with Crippen LogP contribution in [0.3, 0.4) is 0 Å². The summed E-state index contributed by atoms with van der Waals surface area (Å²) in [6.45, 7) is 1.82. The molecule has 0 saturated heterocycles. The molecular formula is C13H16ClFIN3. The van der Waals surface area contributed by atoms with Crippen molar-refractivity contribution in [2.24, 2.45) is 4.99 Å². The molecule has 0 radical (unpaired) electrons. The Hall–Kier alpha value is -0.560. The summed E-state index contributed by atoms with van der Waals surface area (Å²) in [7, 11) is 2.03. The van der Waals surface area contributed by atoms with E-state index in [4.69, 9.17) is 11.6 Å². The number of nitrogens with one attached hydrogen (secondary N) is 1. The number of aliphatic imine (C=N–C) groups is 1. The smallest absolute Gasteiger partial charge is 0.194 e. The van der Waals surface area contributed by atoms with Crippen molar-refractivity contribution in [2.75, 3.05) is 20.1 Å². The molecule has 0 aromatic heterocycles. The van der Waals surface area contributed by atoms with Gasteiger partial charge in [-0.15, -0.1) is 24.0 Å². The van der Waals surface area contributed by atoms with Gasteiger partial charge in [-0.1, -0.05) is 17.7 Å². The molecule has 2 atom stereocenters. The predicted molar refractivity (Wildman–Crippen MR) is 86.0 cm³/mol. The number of benzene rings is 1. The number of guanidine groups is 1. The van der Waals surface area contributed by atoms with Crippen molar-refractivity contribution in [3.05, 3.63) is 34.6 Å². The van der Waals surface area contributed by atoms with E-state index in [1.165, 1.54) is 6.07 Å². The zero-order valence-corrected chi connectivity index (χ0v) is 13.7. The molecule has 1 saturated carbocycles. The van der Waals surface area contributed by atoms with E-state index in [0.29, 0.717) is 12.0 Å². The SMILES string of the molecule is CN1CCN=C1N[C@@H]1C[C@H]1c1ccc(Cl)c(F)c1.I. The van der Waals surface area contributed by atoms with Gasteiger partial charge in [0.15, 0.2) is 5.96 Å². The van der Waals surface area contributed by atoms with Crippen molar-refractivity contribution in [3.63, 3.8) is 0 Å². The molecule has 2 aliphatic rings. The minimum Gasteiger partial charge on any atom is -0.353 e. The van der Waals surface area contributed by atoms with Crippen LogP contribution in [0.2, 0.25) is 5.02 Å². The third-order valence-electron chi connectivity index (χ3n) is 3.54. The van der Waals surface area contributed by atoms with Gasteiger partial charge in [-0.3, -0.25) is 4.99 Å². The third-order valence-corrected chi connectivity index (χ3v) is 3.84. The Kier molecular flexibility index (Phi) is 4.55. The minimum absolute atomic E-state index is 0. The topological polar surface area (TPSA) is 27.6 Å². The van der Waals surface area contributed by atoms with Gasteiger partial charge in [0.1, 0.15) is 5.82 Å². The molecule has 1 aromatic rings. The molecule has 1 heterocycles. The van der Waals surface area contributed by atoms with Gasteiger partial charge in [0.2, 0.25) is 0 Å². The Labute approximate surface area is 134 Å². The van der Waals surface area contributed by atoms with Crippen LogP contribution in [0.4, 0.5) is 4.39 Å². The second-order valence-corrected chi connectivity index (χ2v) is 5.30. The predicted octanol–water partition coefficient (Wildman–Crippen LogP) is 2.84. The molecule has 1 aromatic carbocycles. The molecule has 104 valence electrons. The highest BCUT2D eigenvalue weighted by Gasteiger charge is 2.40. The molecule has 1 N–H and O–H groups in total. The van der Waals surface area contributed by atoms with Gasteiger partial charge in [0, 0.05) is 25.6 Å². The highest BCUT2D eigenvalue weighted by Crippen LogP contribution is 2.41. The Bertz CT molecular complexity index is 509. The van der Waals surface area contributed by atoms with Crippen molar-refractivity contribution in [1.29, 1.82) is 0 Å². The summed E-state index contributed by atoms with van der Waals surface area (Å²) in [5.74, 6) is 0.987. The zero-order valence-electron chi connectivity index (χ0n) is 10.6. The second kappa shape index (κ2) is 5.83. The molecule has 0 bridgehead atoms. The molecule has 0 spiro atoms. The van der Waals surface area contributed by atoms with Crippen LogP contribution in [0.5, 0.6) is 0 Å². The van der Waals surface area contributed by atoms with Gasteiger partial charge in [0.05, 0.1) is 11.6 Å². The van der Waals surface area contributed by atoms with Crippen LogP contribution in [0.1, 0.15) is 17.9 Å². The van der Waals surface area contributed by atoms with Gasteiger partial charge in [0.25, 0.3) is 0 Å². The normalized spacial score (nSPS) is 24.8. The Morgan fingerprint density at radius 2 is 2.26 bits per heavy atom. The zero-order chi connectivity index (χ0) is 12.7. The van der Waals surface area contributed by atoms with E-state index in [0.717, 1.165) is 31.0 Å². The number of nitrogens with zero attached hydrogens (tertiary/aromatic N) is 2. The number of rotatable bonds is 2. The van der Waals surface area contributed by atoms with Gasteiger partial charge in [-0.05, 0) is 24.1 Å². The molecule has 1 fully saturated rings. The van der Waals surface area contributed by atoms with Crippen LogP contribution in [0, 0.1) is 5.82 Å². The standard InChI is InChI=1S/C13H15ClFN3.HI/c1-18-5-4-16-13(18)17-12-7-9(12)8-2-3-10(14)11(15)6-8;/h2-3,6,9,12H,4-5,7H2,1H3,(H,16,17);1H/t9-,12+;/m0./s1. The first-order valence-corrected chi connectivity index (χ1v) is 6.50. The van der Waals surface area contributed by atoms with Crippen LogP contribution in [0.15, 0.2) is 23.2 Å². The summed E-state index contributed by atoms with van der Waals surface area (Å²) in [5, 5.41) is 3.59. The van der Waals surface area contributed by atoms with Crippen LogP contribution in [-0.4, -0.2) is 37.0 Å². The lowest BCUT2D eigenvalue weighted by Crippen LogP contribution is -2.37. The number of halogens is 3. The summed E-state index contributed by atoms with van der Waals surface area (Å²) in [4.78, 5) is 6.50. The van der Waals surface area contributed by atoms with Crippen LogP contribution >= 0.6 is 35.6 Å². The van der Waals surface area contributed by atoms with Gasteiger partial charge in [-0.2, -0.15) is 0 Å². The summed E-state index contributed by atoms with van der Waals surface area (Å²) in [5.41, 5.74) is 1.01. The second-order valence-electron chi connectivity index (χ2n) is 4.89. The molecule has 3 nitrogen and oxygen atoms in total. The first kappa shape index (κ1) is 14.8. The largest absolute Gasteiger partial charge is 0.353 e. The van der Waals surface area contributed by atoms with Crippen molar-refractivity contribution >= 4 is 41.5 Å². The Morgan fingerprint density at radius 1 is 1.47 bits per heavy atom. The summed E-state index contributed by atoms with van der Waals surface area (Å²) in [6.07, 6.45) is 1.02. The van der Waals surface area contributed by atoms with E-state index < -0.39 is 0 Å². The fourth-order valence-corrected chi connectivity index (χ4v) is 2.44. The summed E-state index contributed by atoms with van der Waals surface area (Å²) in [6, 6.07) is 5.43. The average molecular weight is 396 g/mol. The van der Waals surface area contributed by atoms with Gasteiger partial charge >= 0.3 is 0 Å². The number of likely N-dealkylation sites (N-methyl/N-ethyl adjacent to an activating group) is 1. The fourth-order valence-electron chi connectivity index (χ4n) is 2.32. The van der Waals surface area contributed by atoms with Crippen molar-refractivity contribution in [1.82, 2.24) is 10.2 Å². The molecule has 0 amide bonds. The van der Waals surface area contributed by atoms with Crippen molar-refractivity contribution in [2.45, 2.75) is 18.4 Å². The van der Waals surface area contributed by atoms with Crippen LogP contribution in [-0.2, 0) is 0 Å². The summed E-state index contributed by atoms with van der Waals surface area (Å²) < 4.78 is 13.4. The van der Waals surface area contributed by atoms with E-state index in [2.05, 4.69) is 15.2 Å². The first-order chi connectivity index (χ1) is 8.65. The number of hydrogen-bond acceptors (Lipinski definition) is 3. The van der Waals surface area contributed by atoms with Gasteiger partial charge < -0.3 is 10.2 Å². The lowest BCUT2D eigenvalue weighted by atomic mass is 10.1. The van der Waals surface area contributed by atoms with E-state index >= 15 is 0 Å². The quantitative estimate of drug-likeness (QED) is 0.780. The summed E-state index contributed by atoms with van der Waals surface area (Å²) >= 11 is 5.68. The molecule has 3 rings (SSSR count). The van der Waals surface area contributed by atoms with E-state index in [9.17, 15) is 4.39 Å². The lowest BCUT2D eigenvalue weighted by Gasteiger charge is -2.15. The Balaban J connectivity index is 0.00000133. The maximum atomic E-state index is 13.4. The number of hydrogen-bond donors (Lipinski definition) is 1. The highest BCUT2D eigenvalue weighted by molar-refractivity contribution is 14.0. The molecule has 1 aliphatic heterocycles. The molecule has 1 aliphatic carbocycles.